The summed E-state index contributed by atoms with van der Waals surface area (Å²) in [7, 11) is 5.60. The van der Waals surface area contributed by atoms with Crippen molar-refractivity contribution >= 4 is 40.8 Å². The molecular formula is C28H32N8O3S. The van der Waals surface area contributed by atoms with E-state index in [-0.39, 0.29) is 5.24 Å². The average molecular weight is 561 g/mol. The molecule has 2 fully saturated rings. The Bertz CT molecular complexity index is 1400. The lowest BCUT2D eigenvalue weighted by atomic mass is 9.97. The molecule has 0 saturated carbocycles. The first kappa shape index (κ1) is 27.5. The molecule has 40 heavy (non-hydrogen) atoms. The Morgan fingerprint density at radius 2 is 1.95 bits per heavy atom. The van der Waals surface area contributed by atoms with Crippen LogP contribution in [-0.4, -0.2) is 71.9 Å². The molecule has 3 aromatic rings. The minimum absolute atomic E-state index is 0.343. The minimum atomic E-state index is -0.390. The smallest absolute Gasteiger partial charge is 0.290 e. The number of pyridine rings is 2. The first-order valence-corrected chi connectivity index (χ1v) is 13.9. The monoisotopic (exact) mass is 560 g/mol. The molecule has 208 valence electrons. The summed E-state index contributed by atoms with van der Waals surface area (Å²) in [5.41, 5.74) is 3.29. The van der Waals surface area contributed by atoms with Gasteiger partial charge in [-0.2, -0.15) is 0 Å². The zero-order valence-corrected chi connectivity index (χ0v) is 23.6. The SMILES string of the molecule is COc1ccc(-c2ccc(N(C)C)nc2)nc1CNCC1CCN(c2nccc(/C=C3\SC(=O)NC3=O)n2)CC1. The Kier molecular flexibility index (Phi) is 8.56. The molecule has 0 radical (unpaired) electrons. The van der Waals surface area contributed by atoms with Crippen LogP contribution >= 0.6 is 11.8 Å². The number of nitrogens with zero attached hydrogens (tertiary/aromatic N) is 6. The van der Waals surface area contributed by atoms with E-state index in [0.717, 1.165) is 72.8 Å². The molecule has 5 rings (SSSR count). The predicted octanol–water partition coefficient (Wildman–Crippen LogP) is 3.34. The second kappa shape index (κ2) is 12.4. The molecular weight excluding hydrogens is 528 g/mol. The molecule has 0 aromatic carbocycles. The summed E-state index contributed by atoms with van der Waals surface area (Å²) < 4.78 is 5.57. The number of carbonyl (C=O) groups excluding carboxylic acids is 2. The summed E-state index contributed by atoms with van der Waals surface area (Å²) in [4.78, 5) is 46.1. The molecule has 0 aliphatic carbocycles. The molecule has 12 heteroatoms. The number of amides is 2. The van der Waals surface area contributed by atoms with Crippen LogP contribution in [0.2, 0.25) is 0 Å². The highest BCUT2D eigenvalue weighted by atomic mass is 32.2. The Hall–Kier alpha value is -4.03. The highest BCUT2D eigenvalue weighted by Gasteiger charge is 2.26. The van der Waals surface area contributed by atoms with Gasteiger partial charge in [0.25, 0.3) is 11.1 Å². The van der Waals surface area contributed by atoms with Crippen molar-refractivity contribution < 1.29 is 14.3 Å². The molecule has 2 aliphatic rings. The molecule has 0 spiro atoms. The fraction of sp³-hybridized carbons (Fsp3) is 0.357. The fourth-order valence-electron chi connectivity index (χ4n) is 4.65. The number of hydrogen-bond acceptors (Lipinski definition) is 11. The van der Waals surface area contributed by atoms with Gasteiger partial charge in [-0.25, -0.2) is 19.9 Å². The maximum absolute atomic E-state index is 11.8. The third-order valence-electron chi connectivity index (χ3n) is 6.86. The predicted molar refractivity (Wildman–Crippen MR) is 156 cm³/mol. The first-order chi connectivity index (χ1) is 19.4. The number of carbonyl (C=O) groups is 2. The van der Waals surface area contributed by atoms with Crippen molar-refractivity contribution in [2.75, 3.05) is 50.6 Å². The van der Waals surface area contributed by atoms with E-state index >= 15 is 0 Å². The molecule has 0 unspecified atom stereocenters. The maximum atomic E-state index is 11.8. The molecule has 11 nitrogen and oxygen atoms in total. The number of aromatic nitrogens is 4. The molecule has 2 N–H and O–H groups in total. The van der Waals surface area contributed by atoms with Crippen LogP contribution in [0, 0.1) is 5.92 Å². The molecule has 5 heterocycles. The molecule has 2 aliphatic heterocycles. The third-order valence-corrected chi connectivity index (χ3v) is 7.67. The standard InChI is InChI=1S/C28H32N8O3S/c1-35(2)25-7-4-19(16-31-25)21-5-6-23(39-3)22(33-21)17-29-15-18-9-12-36(13-10-18)27-30-11-8-20(32-27)14-24-26(37)34-28(38)40-24/h4-8,11,14,16,18,29H,9-10,12-13,15,17H2,1-3H3,(H,34,37,38)/b24-14-. The van der Waals surface area contributed by atoms with Gasteiger partial charge in [0.2, 0.25) is 5.95 Å². The lowest BCUT2D eigenvalue weighted by molar-refractivity contribution is -0.115. The zero-order chi connectivity index (χ0) is 28.1. The lowest BCUT2D eigenvalue weighted by Crippen LogP contribution is -2.38. The van der Waals surface area contributed by atoms with E-state index in [1.54, 1.807) is 25.4 Å². The number of ether oxygens (including phenoxy) is 1. The van der Waals surface area contributed by atoms with Crippen LogP contribution in [0.15, 0.2) is 47.6 Å². The third kappa shape index (κ3) is 6.57. The van der Waals surface area contributed by atoms with Crippen molar-refractivity contribution in [2.24, 2.45) is 5.92 Å². The van der Waals surface area contributed by atoms with E-state index in [9.17, 15) is 9.59 Å². The molecule has 0 atom stereocenters. The van der Waals surface area contributed by atoms with Gasteiger partial charge >= 0.3 is 0 Å². The number of thioether (sulfide) groups is 1. The summed E-state index contributed by atoms with van der Waals surface area (Å²) in [6.45, 7) is 3.16. The van der Waals surface area contributed by atoms with Gasteiger partial charge in [0.05, 0.1) is 29.1 Å². The molecule has 2 amide bonds. The summed E-state index contributed by atoms with van der Waals surface area (Å²) >= 11 is 0.883. The van der Waals surface area contributed by atoms with Gasteiger partial charge in [0.1, 0.15) is 11.6 Å². The van der Waals surface area contributed by atoms with E-state index < -0.39 is 5.91 Å². The number of hydrogen-bond donors (Lipinski definition) is 2. The van der Waals surface area contributed by atoms with E-state index in [2.05, 4.69) is 30.5 Å². The van der Waals surface area contributed by atoms with Crippen LogP contribution in [0.4, 0.5) is 16.6 Å². The van der Waals surface area contributed by atoms with Gasteiger partial charge in [-0.15, -0.1) is 0 Å². The highest BCUT2D eigenvalue weighted by molar-refractivity contribution is 8.18. The number of nitrogens with one attached hydrogen (secondary N) is 2. The van der Waals surface area contributed by atoms with Crippen molar-refractivity contribution in [1.82, 2.24) is 30.6 Å². The topological polar surface area (TPSA) is 125 Å². The van der Waals surface area contributed by atoms with Crippen molar-refractivity contribution in [2.45, 2.75) is 19.4 Å². The number of methoxy groups -OCH3 is 1. The van der Waals surface area contributed by atoms with Crippen molar-refractivity contribution in [3.8, 4) is 17.0 Å². The first-order valence-electron chi connectivity index (χ1n) is 13.1. The van der Waals surface area contributed by atoms with E-state index in [0.29, 0.717) is 29.0 Å². The van der Waals surface area contributed by atoms with Crippen LogP contribution in [0.5, 0.6) is 5.75 Å². The summed E-state index contributed by atoms with van der Waals surface area (Å²) in [6, 6.07) is 9.66. The van der Waals surface area contributed by atoms with E-state index in [1.165, 1.54) is 0 Å². The van der Waals surface area contributed by atoms with Crippen LogP contribution in [0.25, 0.3) is 17.3 Å². The maximum Gasteiger partial charge on any atom is 0.290 e. The van der Waals surface area contributed by atoms with Crippen LogP contribution in [0.3, 0.4) is 0 Å². The second-order valence-electron chi connectivity index (χ2n) is 9.84. The van der Waals surface area contributed by atoms with E-state index in [1.807, 2.05) is 49.5 Å². The molecule has 3 aromatic heterocycles. The number of anilines is 2. The van der Waals surface area contributed by atoms with Gasteiger partial charge in [-0.05, 0) is 73.5 Å². The fourth-order valence-corrected chi connectivity index (χ4v) is 5.31. The second-order valence-corrected chi connectivity index (χ2v) is 10.9. The number of piperidine rings is 1. The van der Waals surface area contributed by atoms with Crippen molar-refractivity contribution in [1.29, 1.82) is 0 Å². The van der Waals surface area contributed by atoms with Gasteiger partial charge in [0.15, 0.2) is 0 Å². The van der Waals surface area contributed by atoms with Crippen molar-refractivity contribution in [3.63, 3.8) is 0 Å². The van der Waals surface area contributed by atoms with Gasteiger partial charge in [-0.1, -0.05) is 0 Å². The van der Waals surface area contributed by atoms with Crippen LogP contribution in [-0.2, 0) is 11.3 Å². The largest absolute Gasteiger partial charge is 0.495 e. The number of imide groups is 1. The van der Waals surface area contributed by atoms with Crippen LogP contribution < -0.4 is 25.2 Å². The normalized spacial score (nSPS) is 16.9. The number of rotatable bonds is 9. The molecule has 0 bridgehead atoms. The molecule has 2 saturated heterocycles. The van der Waals surface area contributed by atoms with Crippen molar-refractivity contribution in [3.05, 3.63) is 59.0 Å². The van der Waals surface area contributed by atoms with Gasteiger partial charge < -0.3 is 19.9 Å². The summed E-state index contributed by atoms with van der Waals surface area (Å²) in [6.07, 6.45) is 7.16. The van der Waals surface area contributed by atoms with E-state index in [4.69, 9.17) is 9.72 Å². The Balaban J connectivity index is 1.14. The minimum Gasteiger partial charge on any atom is -0.495 e. The quantitative estimate of drug-likeness (QED) is 0.374. The van der Waals surface area contributed by atoms with Crippen LogP contribution in [0.1, 0.15) is 24.2 Å². The summed E-state index contributed by atoms with van der Waals surface area (Å²) in [5.74, 6) is 2.42. The zero-order valence-electron chi connectivity index (χ0n) is 22.8. The Morgan fingerprint density at radius 3 is 2.62 bits per heavy atom. The Labute approximate surface area is 237 Å². The van der Waals surface area contributed by atoms with Gasteiger partial charge in [-0.3, -0.25) is 14.9 Å². The summed E-state index contributed by atoms with van der Waals surface area (Å²) in [5, 5.41) is 5.47. The van der Waals surface area contributed by atoms with Gasteiger partial charge in [0, 0.05) is 51.7 Å². The average Bonchev–Trinajstić information content (AvgIpc) is 3.29. The lowest BCUT2D eigenvalue weighted by Gasteiger charge is -2.32. The highest BCUT2D eigenvalue weighted by Crippen LogP contribution is 2.27. The Morgan fingerprint density at radius 1 is 1.12 bits per heavy atom.